The average molecular weight is 377 g/mol. The van der Waals surface area contributed by atoms with Gasteiger partial charge in [-0.3, -0.25) is 5.32 Å². The van der Waals surface area contributed by atoms with Gasteiger partial charge in [0, 0.05) is 5.39 Å². The predicted octanol–water partition coefficient (Wildman–Crippen LogP) is 5.98. The van der Waals surface area contributed by atoms with E-state index in [0.717, 1.165) is 51.9 Å². The second-order valence-electron chi connectivity index (χ2n) is 6.93. The zero-order chi connectivity index (χ0) is 20.1. The lowest BCUT2D eigenvalue weighted by atomic mass is 10.1. The van der Waals surface area contributed by atoms with Crippen LogP contribution in [0.3, 0.4) is 0 Å². The molecule has 0 saturated heterocycles. The molecule has 3 rings (SSSR count). The first-order valence-corrected chi connectivity index (χ1v) is 9.67. The van der Waals surface area contributed by atoms with Crippen molar-refractivity contribution in [3.05, 3.63) is 59.3 Å². The molecular formula is C23H27N3O2. The molecular weight excluding hydrogens is 350 g/mol. The maximum atomic E-state index is 12.6. The lowest BCUT2D eigenvalue weighted by Gasteiger charge is -2.17. The van der Waals surface area contributed by atoms with Crippen molar-refractivity contribution in [1.29, 1.82) is 0 Å². The number of fused-ring (bicyclic) bond motifs is 1. The standard InChI is InChI=1S/C23H27N3O2/c1-5-6-14-28-21-15(2)16(3)22(24-17(21)4)26-23(27)25-20-13-9-11-18-10-7-8-12-19(18)20/h7-13H,5-6,14H2,1-4H3,(H2,24,25,26,27). The number of nitrogens with zero attached hydrogens (tertiary/aromatic N) is 1. The van der Waals surface area contributed by atoms with Crippen LogP contribution in [0.2, 0.25) is 0 Å². The number of rotatable bonds is 6. The number of carbonyl (C=O) groups excluding carboxylic acids is 1. The molecule has 2 amide bonds. The van der Waals surface area contributed by atoms with Crippen LogP contribution in [0.5, 0.6) is 5.75 Å². The molecule has 5 nitrogen and oxygen atoms in total. The minimum absolute atomic E-state index is 0.314. The third kappa shape index (κ3) is 4.25. The minimum atomic E-state index is -0.314. The van der Waals surface area contributed by atoms with Crippen LogP contribution in [0.25, 0.3) is 10.8 Å². The number of carbonyl (C=O) groups is 1. The summed E-state index contributed by atoms with van der Waals surface area (Å²) in [6.45, 7) is 8.66. The molecule has 0 atom stereocenters. The number of nitrogens with one attached hydrogen (secondary N) is 2. The number of aryl methyl sites for hydroxylation is 1. The number of ether oxygens (including phenoxy) is 1. The molecule has 0 spiro atoms. The van der Waals surface area contributed by atoms with E-state index in [2.05, 4.69) is 22.5 Å². The van der Waals surface area contributed by atoms with Crippen LogP contribution >= 0.6 is 0 Å². The quantitative estimate of drug-likeness (QED) is 0.519. The molecule has 0 radical (unpaired) electrons. The molecule has 146 valence electrons. The van der Waals surface area contributed by atoms with E-state index in [4.69, 9.17) is 4.74 Å². The maximum absolute atomic E-state index is 12.6. The summed E-state index contributed by atoms with van der Waals surface area (Å²) < 4.78 is 5.90. The summed E-state index contributed by atoms with van der Waals surface area (Å²) in [7, 11) is 0. The average Bonchev–Trinajstić information content (AvgIpc) is 2.69. The van der Waals surface area contributed by atoms with Crippen molar-refractivity contribution in [2.45, 2.75) is 40.5 Å². The lowest BCUT2D eigenvalue weighted by Crippen LogP contribution is -2.21. The zero-order valence-electron chi connectivity index (χ0n) is 16.9. The van der Waals surface area contributed by atoms with Gasteiger partial charge in [0.2, 0.25) is 0 Å². The fraction of sp³-hybridized carbons (Fsp3) is 0.304. The highest BCUT2D eigenvalue weighted by atomic mass is 16.5. The molecule has 2 N–H and O–H groups in total. The minimum Gasteiger partial charge on any atom is -0.491 e. The molecule has 0 aliphatic carbocycles. The van der Waals surface area contributed by atoms with Crippen molar-refractivity contribution in [2.75, 3.05) is 17.2 Å². The summed E-state index contributed by atoms with van der Waals surface area (Å²) >= 11 is 0. The Morgan fingerprint density at radius 1 is 1.00 bits per heavy atom. The summed E-state index contributed by atoms with van der Waals surface area (Å²) in [5.41, 5.74) is 3.45. The second-order valence-corrected chi connectivity index (χ2v) is 6.93. The van der Waals surface area contributed by atoms with Crippen molar-refractivity contribution < 1.29 is 9.53 Å². The Morgan fingerprint density at radius 2 is 1.75 bits per heavy atom. The molecule has 0 fully saturated rings. The monoisotopic (exact) mass is 377 g/mol. The van der Waals surface area contributed by atoms with E-state index in [1.54, 1.807) is 0 Å². The van der Waals surface area contributed by atoms with Crippen molar-refractivity contribution in [1.82, 2.24) is 4.98 Å². The van der Waals surface area contributed by atoms with Gasteiger partial charge in [-0.05, 0) is 49.8 Å². The molecule has 0 aliphatic heterocycles. The van der Waals surface area contributed by atoms with Gasteiger partial charge < -0.3 is 10.1 Å². The number of unbranched alkanes of at least 4 members (excludes halogenated alkanes) is 1. The molecule has 0 aliphatic rings. The SMILES string of the molecule is CCCCOc1c(C)nc(NC(=O)Nc2cccc3ccccc23)c(C)c1C. The fourth-order valence-electron chi connectivity index (χ4n) is 3.17. The number of hydrogen-bond donors (Lipinski definition) is 2. The molecule has 3 aromatic rings. The summed E-state index contributed by atoms with van der Waals surface area (Å²) in [6, 6.07) is 13.5. The van der Waals surface area contributed by atoms with Crippen LogP contribution < -0.4 is 15.4 Å². The van der Waals surface area contributed by atoms with Crippen LogP contribution in [0.15, 0.2) is 42.5 Å². The van der Waals surface area contributed by atoms with Gasteiger partial charge in [0.15, 0.2) is 0 Å². The number of urea groups is 1. The van der Waals surface area contributed by atoms with E-state index in [1.807, 2.05) is 63.2 Å². The first-order chi connectivity index (χ1) is 13.5. The Labute approximate surface area is 166 Å². The molecule has 0 bridgehead atoms. The number of benzene rings is 2. The highest BCUT2D eigenvalue weighted by Crippen LogP contribution is 2.29. The lowest BCUT2D eigenvalue weighted by molar-refractivity contribution is 0.262. The summed E-state index contributed by atoms with van der Waals surface area (Å²) in [5, 5.41) is 7.89. The number of aromatic nitrogens is 1. The maximum Gasteiger partial charge on any atom is 0.324 e. The molecule has 0 saturated carbocycles. The second kappa shape index (κ2) is 8.74. The van der Waals surface area contributed by atoms with E-state index >= 15 is 0 Å². The number of pyridine rings is 1. The zero-order valence-corrected chi connectivity index (χ0v) is 16.9. The fourth-order valence-corrected chi connectivity index (χ4v) is 3.17. The van der Waals surface area contributed by atoms with Crippen LogP contribution in [0, 0.1) is 20.8 Å². The van der Waals surface area contributed by atoms with Crippen molar-refractivity contribution in [3.63, 3.8) is 0 Å². The van der Waals surface area contributed by atoms with Gasteiger partial charge >= 0.3 is 6.03 Å². The highest BCUT2D eigenvalue weighted by molar-refractivity contribution is 6.06. The Balaban J connectivity index is 1.78. The molecule has 1 aromatic heterocycles. The van der Waals surface area contributed by atoms with E-state index in [0.29, 0.717) is 12.4 Å². The van der Waals surface area contributed by atoms with Gasteiger partial charge in [-0.1, -0.05) is 49.7 Å². The Bertz CT molecular complexity index is 993. The number of amides is 2. The molecule has 1 heterocycles. The van der Waals surface area contributed by atoms with Gasteiger partial charge in [0.1, 0.15) is 11.6 Å². The van der Waals surface area contributed by atoms with Gasteiger partial charge in [-0.15, -0.1) is 0 Å². The Kier molecular flexibility index (Phi) is 6.14. The first kappa shape index (κ1) is 19.7. The van der Waals surface area contributed by atoms with E-state index in [1.165, 1.54) is 0 Å². The van der Waals surface area contributed by atoms with E-state index < -0.39 is 0 Å². The van der Waals surface area contributed by atoms with Gasteiger partial charge in [-0.2, -0.15) is 0 Å². The van der Waals surface area contributed by atoms with Crippen LogP contribution in [-0.2, 0) is 0 Å². The third-order valence-corrected chi connectivity index (χ3v) is 4.88. The summed E-state index contributed by atoms with van der Waals surface area (Å²) in [4.78, 5) is 17.2. The van der Waals surface area contributed by atoms with Crippen molar-refractivity contribution in [2.24, 2.45) is 0 Å². The number of hydrogen-bond acceptors (Lipinski definition) is 3. The van der Waals surface area contributed by atoms with E-state index in [-0.39, 0.29) is 6.03 Å². The predicted molar refractivity (Wildman–Crippen MR) is 115 cm³/mol. The number of anilines is 2. The van der Waals surface area contributed by atoms with Crippen LogP contribution in [0.1, 0.15) is 36.6 Å². The molecule has 28 heavy (non-hydrogen) atoms. The van der Waals surface area contributed by atoms with Gasteiger partial charge in [0.25, 0.3) is 0 Å². The third-order valence-electron chi connectivity index (χ3n) is 4.88. The highest BCUT2D eigenvalue weighted by Gasteiger charge is 2.15. The normalized spacial score (nSPS) is 10.7. The Hall–Kier alpha value is -3.08. The molecule has 0 unspecified atom stereocenters. The Morgan fingerprint density at radius 3 is 2.54 bits per heavy atom. The van der Waals surface area contributed by atoms with Crippen molar-refractivity contribution in [3.8, 4) is 5.75 Å². The topological polar surface area (TPSA) is 63.2 Å². The van der Waals surface area contributed by atoms with Crippen LogP contribution in [0.4, 0.5) is 16.3 Å². The largest absolute Gasteiger partial charge is 0.491 e. The molecule has 2 aromatic carbocycles. The summed E-state index contributed by atoms with van der Waals surface area (Å²) in [5.74, 6) is 1.36. The van der Waals surface area contributed by atoms with Gasteiger partial charge in [-0.25, -0.2) is 9.78 Å². The molecule has 5 heteroatoms. The van der Waals surface area contributed by atoms with Crippen molar-refractivity contribution >= 4 is 28.3 Å². The van der Waals surface area contributed by atoms with Crippen LogP contribution in [-0.4, -0.2) is 17.6 Å². The summed E-state index contributed by atoms with van der Waals surface area (Å²) in [6.07, 6.45) is 2.09. The van der Waals surface area contributed by atoms with Gasteiger partial charge in [0.05, 0.1) is 18.0 Å². The first-order valence-electron chi connectivity index (χ1n) is 9.67. The smallest absolute Gasteiger partial charge is 0.324 e. The van der Waals surface area contributed by atoms with E-state index in [9.17, 15) is 4.79 Å².